The summed E-state index contributed by atoms with van der Waals surface area (Å²) in [4.78, 5) is 7.36. The summed E-state index contributed by atoms with van der Waals surface area (Å²) in [5.41, 5.74) is 4.75. The molecule has 1 aromatic heterocycles. The van der Waals surface area contributed by atoms with Crippen LogP contribution >= 0.6 is 0 Å². The van der Waals surface area contributed by atoms with Crippen molar-refractivity contribution in [2.45, 2.75) is 58.1 Å². The third-order valence-corrected chi connectivity index (χ3v) is 7.25. The molecule has 1 aliphatic heterocycles. The predicted octanol–water partition coefficient (Wildman–Crippen LogP) is 3.71. The van der Waals surface area contributed by atoms with Crippen molar-refractivity contribution in [1.82, 2.24) is 4.98 Å². The Morgan fingerprint density at radius 2 is 2.03 bits per heavy atom. The van der Waals surface area contributed by atoms with Crippen LogP contribution in [-0.2, 0) is 22.5 Å². The largest absolute Gasteiger partial charge is 0.598 e. The molecule has 2 atom stereocenters. The highest BCUT2D eigenvalue weighted by Gasteiger charge is 2.33. The maximum absolute atomic E-state index is 12.0. The van der Waals surface area contributed by atoms with Crippen molar-refractivity contribution in [3.05, 3.63) is 34.4 Å². The van der Waals surface area contributed by atoms with Gasteiger partial charge in [0.25, 0.3) is 0 Å². The van der Waals surface area contributed by atoms with Gasteiger partial charge in [0.1, 0.15) is 16.6 Å². The van der Waals surface area contributed by atoms with Gasteiger partial charge in [-0.15, -0.1) is 0 Å². The number of aryl methyl sites for hydroxylation is 1. The number of hydrogen-bond acceptors (Lipinski definition) is 6. The normalized spacial score (nSPS) is 17.1. The number of hydrogen-bond donors (Lipinski definition) is 1. The lowest BCUT2D eigenvalue weighted by molar-refractivity contribution is 0.122. The lowest BCUT2D eigenvalue weighted by Gasteiger charge is -2.31. The average Bonchev–Trinajstić information content (AvgIpc) is 2.71. The monoisotopic (exact) mass is 428 g/mol. The first kappa shape index (κ1) is 22.8. The molecule has 0 amide bonds. The van der Waals surface area contributed by atoms with E-state index >= 15 is 0 Å². The Balaban J connectivity index is 2.22. The van der Waals surface area contributed by atoms with Gasteiger partial charge in [-0.25, -0.2) is 4.98 Å². The number of fused-ring (bicyclic) bond motifs is 1. The number of rotatable bonds is 6. The molecule has 0 radical (unpaired) electrons. The maximum atomic E-state index is 12.0. The van der Waals surface area contributed by atoms with Crippen LogP contribution < -0.4 is 10.0 Å². The standard InChI is InChI=1S/C23H32N4O2S/c1-6-17-20(14-24)19-12-15(2)11-18(16(3)13-23(4,5)30(25)28)21(19)26-22(17)27-7-9-29-10-8-27/h11-12,16H,6-10,13,25H2,1-5H3. The van der Waals surface area contributed by atoms with E-state index in [0.717, 1.165) is 52.9 Å². The second kappa shape index (κ2) is 9.11. The highest BCUT2D eigenvalue weighted by molar-refractivity contribution is 7.90. The molecular formula is C23H32N4O2S. The first-order chi connectivity index (χ1) is 14.2. The maximum Gasteiger partial charge on any atom is 0.140 e. The lowest BCUT2D eigenvalue weighted by Crippen LogP contribution is -2.39. The Morgan fingerprint density at radius 1 is 1.37 bits per heavy atom. The van der Waals surface area contributed by atoms with Gasteiger partial charge in [0.15, 0.2) is 0 Å². The summed E-state index contributed by atoms with van der Waals surface area (Å²) in [7, 11) is 0. The molecule has 0 spiro atoms. The van der Waals surface area contributed by atoms with Crippen LogP contribution in [0.2, 0.25) is 0 Å². The summed E-state index contributed by atoms with van der Waals surface area (Å²) in [5.74, 6) is 0.989. The first-order valence-corrected chi connectivity index (χ1v) is 11.8. The van der Waals surface area contributed by atoms with Crippen molar-refractivity contribution >= 4 is 28.1 Å². The molecule has 1 aliphatic rings. The molecule has 7 heteroatoms. The molecule has 2 heterocycles. The number of nitrogens with zero attached hydrogens (tertiary/aromatic N) is 3. The van der Waals surface area contributed by atoms with E-state index in [0.29, 0.717) is 25.2 Å². The number of nitrogens with two attached hydrogens (primary N) is 1. The summed E-state index contributed by atoms with van der Waals surface area (Å²) in [5, 5.41) is 16.7. The fourth-order valence-electron chi connectivity index (χ4n) is 4.37. The van der Waals surface area contributed by atoms with E-state index in [1.54, 1.807) is 0 Å². The Hall–Kier alpha value is -1.85. The zero-order valence-electron chi connectivity index (χ0n) is 18.6. The Morgan fingerprint density at radius 3 is 2.60 bits per heavy atom. The van der Waals surface area contributed by atoms with Gasteiger partial charge < -0.3 is 14.2 Å². The number of morpholine rings is 1. The van der Waals surface area contributed by atoms with Crippen LogP contribution in [0.3, 0.4) is 0 Å². The van der Waals surface area contributed by atoms with Gasteiger partial charge >= 0.3 is 0 Å². The SMILES string of the molecule is CCc1c(N2CCOCC2)nc2c(C(C)CC(C)(C)[S+](N)[O-])cc(C)cc2c1C#N. The third-order valence-electron chi connectivity index (χ3n) is 5.99. The molecule has 3 rings (SSSR count). The summed E-state index contributed by atoms with van der Waals surface area (Å²) in [6.45, 7) is 13.0. The molecule has 2 aromatic rings. The zero-order chi connectivity index (χ0) is 22.1. The molecule has 162 valence electrons. The fourth-order valence-corrected chi connectivity index (χ4v) is 4.79. The number of ether oxygens (including phenoxy) is 1. The number of anilines is 1. The summed E-state index contributed by atoms with van der Waals surface area (Å²) >= 11 is -1.42. The predicted molar refractivity (Wildman–Crippen MR) is 123 cm³/mol. The van der Waals surface area contributed by atoms with Crippen LogP contribution in [-0.4, -0.2) is 40.6 Å². The smallest absolute Gasteiger partial charge is 0.140 e. The topological polar surface area (TPSA) is 98.2 Å². The lowest BCUT2D eigenvalue weighted by atomic mass is 9.87. The molecule has 2 N–H and O–H groups in total. The van der Waals surface area contributed by atoms with Gasteiger partial charge in [-0.2, -0.15) is 10.4 Å². The van der Waals surface area contributed by atoms with Gasteiger partial charge in [-0.3, -0.25) is 0 Å². The van der Waals surface area contributed by atoms with E-state index in [1.807, 2.05) is 20.8 Å². The van der Waals surface area contributed by atoms with Crippen molar-refractivity contribution in [1.29, 1.82) is 5.26 Å². The van der Waals surface area contributed by atoms with E-state index in [2.05, 4.69) is 36.9 Å². The minimum absolute atomic E-state index is 0.0963. The van der Waals surface area contributed by atoms with Gasteiger partial charge in [0, 0.05) is 41.8 Å². The van der Waals surface area contributed by atoms with E-state index < -0.39 is 16.1 Å². The van der Waals surface area contributed by atoms with Crippen LogP contribution in [0.5, 0.6) is 0 Å². The Labute approximate surface area is 182 Å². The molecule has 2 unspecified atom stereocenters. The minimum Gasteiger partial charge on any atom is -0.598 e. The van der Waals surface area contributed by atoms with Crippen LogP contribution in [0.25, 0.3) is 10.9 Å². The number of pyridine rings is 1. The Kier molecular flexibility index (Phi) is 6.93. The molecule has 1 fully saturated rings. The van der Waals surface area contributed by atoms with Gasteiger partial charge in [-0.05, 0) is 44.7 Å². The van der Waals surface area contributed by atoms with Crippen LogP contribution in [0.4, 0.5) is 5.82 Å². The number of nitriles is 1. The second-order valence-corrected chi connectivity index (χ2v) is 10.5. The van der Waals surface area contributed by atoms with Gasteiger partial charge in [-0.1, -0.05) is 25.5 Å². The average molecular weight is 429 g/mol. The first-order valence-electron chi connectivity index (χ1n) is 10.6. The summed E-state index contributed by atoms with van der Waals surface area (Å²) < 4.78 is 17.0. The van der Waals surface area contributed by atoms with Crippen molar-refractivity contribution in [3.8, 4) is 6.07 Å². The highest BCUT2D eigenvalue weighted by atomic mass is 32.2. The minimum atomic E-state index is -1.42. The molecule has 30 heavy (non-hydrogen) atoms. The number of benzene rings is 1. The van der Waals surface area contributed by atoms with Crippen LogP contribution in [0.15, 0.2) is 12.1 Å². The molecule has 1 aromatic carbocycles. The van der Waals surface area contributed by atoms with Crippen molar-refractivity contribution in [3.63, 3.8) is 0 Å². The highest BCUT2D eigenvalue weighted by Crippen LogP contribution is 2.37. The van der Waals surface area contributed by atoms with E-state index in [9.17, 15) is 9.81 Å². The molecular weight excluding hydrogens is 396 g/mol. The van der Waals surface area contributed by atoms with Gasteiger partial charge in [0.05, 0.1) is 24.3 Å². The van der Waals surface area contributed by atoms with E-state index in [4.69, 9.17) is 14.9 Å². The summed E-state index contributed by atoms with van der Waals surface area (Å²) in [6.07, 6.45) is 1.41. The molecule has 0 bridgehead atoms. The van der Waals surface area contributed by atoms with Gasteiger partial charge in [0.2, 0.25) is 0 Å². The quantitative estimate of drug-likeness (QED) is 0.704. The number of aromatic nitrogens is 1. The van der Waals surface area contributed by atoms with Crippen molar-refractivity contribution < 1.29 is 9.29 Å². The van der Waals surface area contributed by atoms with E-state index in [-0.39, 0.29) is 5.92 Å². The molecule has 6 nitrogen and oxygen atoms in total. The molecule has 0 aliphatic carbocycles. The molecule has 1 saturated heterocycles. The van der Waals surface area contributed by atoms with Crippen molar-refractivity contribution in [2.24, 2.45) is 5.14 Å². The van der Waals surface area contributed by atoms with Crippen LogP contribution in [0.1, 0.15) is 62.3 Å². The molecule has 0 saturated carbocycles. The zero-order valence-corrected chi connectivity index (χ0v) is 19.4. The third kappa shape index (κ3) is 4.42. The van der Waals surface area contributed by atoms with Crippen molar-refractivity contribution in [2.75, 3.05) is 31.2 Å². The Bertz CT molecular complexity index is 962. The van der Waals surface area contributed by atoms with E-state index in [1.165, 1.54) is 0 Å². The summed E-state index contributed by atoms with van der Waals surface area (Å²) in [6, 6.07) is 6.67. The second-order valence-electron chi connectivity index (χ2n) is 8.77. The fraction of sp³-hybridized carbons (Fsp3) is 0.565. The van der Waals surface area contributed by atoms with Crippen LogP contribution in [0, 0.1) is 18.3 Å².